The number of halogens is 7. The van der Waals surface area contributed by atoms with Gasteiger partial charge in [-0.15, -0.1) is 20.5 Å². The van der Waals surface area contributed by atoms with E-state index in [1.165, 1.54) is 0 Å². The fraction of sp³-hybridized carbons (Fsp3) is 0.455. The Hall–Kier alpha value is -1.52. The van der Waals surface area contributed by atoms with Gasteiger partial charge in [0, 0.05) is 16.5 Å². The maximum Gasteiger partial charge on any atom is 0.442 e. The van der Waals surface area contributed by atoms with Crippen LogP contribution in [0.15, 0.2) is 38.7 Å². The van der Waals surface area contributed by atoms with E-state index in [-0.39, 0.29) is 10.9 Å². The summed E-state index contributed by atoms with van der Waals surface area (Å²) < 4.78 is 78.2. The Morgan fingerprint density at radius 1 is 0.773 bits per heavy atom. The van der Waals surface area contributed by atoms with Crippen LogP contribution in [0.5, 0.6) is 0 Å². The minimum atomic E-state index is -4.82. The van der Waals surface area contributed by atoms with Crippen LogP contribution in [0.1, 0.15) is 16.7 Å². The van der Waals surface area contributed by atoms with Gasteiger partial charge >= 0.3 is 23.7 Å². The summed E-state index contributed by atoms with van der Waals surface area (Å²) in [5, 5.41) is 12.1. The summed E-state index contributed by atoms with van der Waals surface area (Å²) in [5.41, 5.74) is -6.32. The van der Waals surface area contributed by atoms with E-state index in [0.29, 0.717) is 0 Å². The molecule has 1 aromatic carbocycles. The highest BCUT2D eigenvalue weighted by Crippen LogP contribution is 2.56. The summed E-state index contributed by atoms with van der Waals surface area (Å²) in [5.74, 6) is 0. The second-order valence-corrected chi connectivity index (χ2v) is 5.35. The van der Waals surface area contributed by atoms with Gasteiger partial charge in [0.25, 0.3) is 0 Å². The van der Waals surface area contributed by atoms with Crippen molar-refractivity contribution in [1.82, 2.24) is 0 Å². The SMILES string of the molecule is FC(F)(F)C1(c2cc(CBr)cc(C3(C(F)(F)F)N=N3)c2)N=N1. The molecule has 0 fully saturated rings. The zero-order chi connectivity index (χ0) is 16.4. The molecule has 0 N–H and O–H groups in total. The summed E-state index contributed by atoms with van der Waals surface area (Å²) in [6.07, 6.45) is -9.64. The van der Waals surface area contributed by atoms with Crippen molar-refractivity contribution in [2.24, 2.45) is 20.5 Å². The van der Waals surface area contributed by atoms with Crippen molar-refractivity contribution in [3.05, 3.63) is 34.9 Å². The van der Waals surface area contributed by atoms with Gasteiger partial charge in [0.2, 0.25) is 0 Å². The minimum absolute atomic E-state index is 0.0652. The largest absolute Gasteiger partial charge is 0.442 e. The van der Waals surface area contributed by atoms with E-state index in [1.807, 2.05) is 0 Å². The highest BCUT2D eigenvalue weighted by atomic mass is 79.9. The highest BCUT2D eigenvalue weighted by Gasteiger charge is 2.68. The first kappa shape index (κ1) is 15.4. The van der Waals surface area contributed by atoms with Crippen LogP contribution in [0.3, 0.4) is 0 Å². The lowest BCUT2D eigenvalue weighted by Gasteiger charge is -2.20. The van der Waals surface area contributed by atoms with Crippen LogP contribution in [-0.2, 0) is 16.7 Å². The molecular formula is C11H5BrF6N4. The number of nitrogens with zero attached hydrogens (tertiary/aromatic N) is 4. The van der Waals surface area contributed by atoms with Gasteiger partial charge in [-0.25, -0.2) is 0 Å². The summed E-state index contributed by atoms with van der Waals surface area (Å²) in [4.78, 5) is 0. The molecule has 22 heavy (non-hydrogen) atoms. The van der Waals surface area contributed by atoms with Crippen molar-refractivity contribution in [2.45, 2.75) is 29.0 Å². The summed E-state index contributed by atoms with van der Waals surface area (Å²) in [6, 6.07) is 2.98. The Bertz CT molecular complexity index is 627. The maximum atomic E-state index is 13.0. The van der Waals surface area contributed by atoms with Crippen LogP contribution in [0, 0.1) is 0 Å². The molecule has 0 aromatic heterocycles. The lowest BCUT2D eigenvalue weighted by Crippen LogP contribution is -2.33. The Morgan fingerprint density at radius 2 is 1.14 bits per heavy atom. The molecule has 0 saturated carbocycles. The van der Waals surface area contributed by atoms with Crippen LogP contribution in [0.4, 0.5) is 26.3 Å². The number of rotatable bonds is 3. The lowest BCUT2D eigenvalue weighted by molar-refractivity contribution is -0.167. The summed E-state index contributed by atoms with van der Waals surface area (Å²) >= 11 is 3.02. The molecule has 2 heterocycles. The van der Waals surface area contributed by atoms with Crippen LogP contribution in [0.2, 0.25) is 0 Å². The maximum absolute atomic E-state index is 13.0. The summed E-state index contributed by atoms with van der Waals surface area (Å²) in [6.45, 7) is 0. The molecule has 0 aliphatic carbocycles. The van der Waals surface area contributed by atoms with E-state index in [2.05, 4.69) is 36.4 Å². The van der Waals surface area contributed by atoms with Crippen LogP contribution < -0.4 is 0 Å². The van der Waals surface area contributed by atoms with Gasteiger partial charge in [-0.2, -0.15) is 26.3 Å². The molecule has 2 aliphatic rings. The van der Waals surface area contributed by atoms with Gasteiger partial charge in [-0.1, -0.05) is 28.1 Å². The fourth-order valence-corrected chi connectivity index (χ4v) is 2.38. The first-order chi connectivity index (χ1) is 10.1. The molecule has 1 aromatic rings. The van der Waals surface area contributed by atoms with Crippen molar-refractivity contribution >= 4 is 15.9 Å². The zero-order valence-corrected chi connectivity index (χ0v) is 12.0. The van der Waals surface area contributed by atoms with Gasteiger partial charge < -0.3 is 0 Å². The van der Waals surface area contributed by atoms with E-state index in [9.17, 15) is 26.3 Å². The molecule has 118 valence electrons. The topological polar surface area (TPSA) is 49.4 Å². The molecule has 4 nitrogen and oxygen atoms in total. The van der Waals surface area contributed by atoms with E-state index in [0.717, 1.165) is 18.2 Å². The van der Waals surface area contributed by atoms with Gasteiger partial charge in [0.05, 0.1) is 0 Å². The fourth-order valence-electron chi connectivity index (χ4n) is 2.06. The molecule has 2 aliphatic heterocycles. The number of alkyl halides is 7. The zero-order valence-electron chi connectivity index (χ0n) is 10.4. The van der Waals surface area contributed by atoms with Crippen molar-refractivity contribution in [2.75, 3.05) is 0 Å². The monoisotopic (exact) mass is 386 g/mol. The molecule has 0 unspecified atom stereocenters. The highest BCUT2D eigenvalue weighted by molar-refractivity contribution is 9.08. The first-order valence-corrected chi connectivity index (χ1v) is 6.90. The van der Waals surface area contributed by atoms with Crippen molar-refractivity contribution in [3.63, 3.8) is 0 Å². The van der Waals surface area contributed by atoms with Crippen LogP contribution >= 0.6 is 15.9 Å². The van der Waals surface area contributed by atoms with E-state index < -0.39 is 34.8 Å². The summed E-state index contributed by atoms with van der Waals surface area (Å²) in [7, 11) is 0. The lowest BCUT2D eigenvalue weighted by atomic mass is 9.93. The molecule has 0 spiro atoms. The molecule has 0 bridgehead atoms. The molecule has 0 atom stereocenters. The third-order valence-corrected chi connectivity index (χ3v) is 3.99. The number of hydrogen-bond acceptors (Lipinski definition) is 4. The number of hydrogen-bond donors (Lipinski definition) is 0. The van der Waals surface area contributed by atoms with Gasteiger partial charge in [0.1, 0.15) is 0 Å². The van der Waals surface area contributed by atoms with Crippen molar-refractivity contribution in [3.8, 4) is 0 Å². The predicted molar refractivity (Wildman–Crippen MR) is 64.3 cm³/mol. The third-order valence-electron chi connectivity index (χ3n) is 3.34. The second-order valence-electron chi connectivity index (χ2n) is 4.79. The van der Waals surface area contributed by atoms with Gasteiger partial charge in [-0.3, -0.25) is 0 Å². The van der Waals surface area contributed by atoms with Gasteiger partial charge in [-0.05, 0) is 11.6 Å². The molecule has 11 heteroatoms. The Labute approximate surface area is 127 Å². The minimum Gasteiger partial charge on any atom is -0.166 e. The third kappa shape index (κ3) is 2.05. The Morgan fingerprint density at radius 3 is 1.36 bits per heavy atom. The molecule has 3 rings (SSSR count). The Kier molecular flexibility index (Phi) is 2.98. The molecule has 0 saturated heterocycles. The van der Waals surface area contributed by atoms with Crippen molar-refractivity contribution in [1.29, 1.82) is 0 Å². The van der Waals surface area contributed by atoms with Crippen LogP contribution in [-0.4, -0.2) is 12.4 Å². The van der Waals surface area contributed by atoms with Crippen molar-refractivity contribution < 1.29 is 26.3 Å². The van der Waals surface area contributed by atoms with Crippen LogP contribution in [0.25, 0.3) is 0 Å². The van der Waals surface area contributed by atoms with E-state index in [4.69, 9.17) is 0 Å². The quantitative estimate of drug-likeness (QED) is 0.521. The predicted octanol–water partition coefficient (Wildman–Crippen LogP) is 4.94. The van der Waals surface area contributed by atoms with E-state index >= 15 is 0 Å². The normalized spacial score (nSPS) is 21.0. The molecule has 0 amide bonds. The average Bonchev–Trinajstić information content (AvgIpc) is 3.27. The average molecular weight is 387 g/mol. The molecule has 0 radical (unpaired) electrons. The Balaban J connectivity index is 2.10. The standard InChI is InChI=1S/C11H5BrF6N4/c12-4-5-1-6(8(19-20-8)10(13,14)15)3-7(2-5)9(21-22-9)11(16,17)18/h1-3H,4H2. The smallest absolute Gasteiger partial charge is 0.166 e. The molecular weight excluding hydrogens is 382 g/mol. The van der Waals surface area contributed by atoms with E-state index in [1.54, 1.807) is 0 Å². The second kappa shape index (κ2) is 4.27. The first-order valence-electron chi connectivity index (χ1n) is 5.78. The van der Waals surface area contributed by atoms with Gasteiger partial charge in [0.15, 0.2) is 0 Å². The number of benzene rings is 1.